The molecule has 0 fully saturated rings. The molecule has 100 valence electrons. The van der Waals surface area contributed by atoms with E-state index in [1.807, 2.05) is 25.1 Å². The molecule has 0 unspecified atom stereocenters. The molecule has 1 heterocycles. The lowest BCUT2D eigenvalue weighted by Gasteiger charge is -2.06. The van der Waals surface area contributed by atoms with Crippen molar-refractivity contribution in [1.29, 1.82) is 0 Å². The van der Waals surface area contributed by atoms with Crippen LogP contribution in [-0.4, -0.2) is 27.1 Å². The van der Waals surface area contributed by atoms with Crippen LogP contribution in [0, 0.1) is 5.92 Å². The number of carboxylic acid groups (broad SMARTS) is 2. The van der Waals surface area contributed by atoms with Gasteiger partial charge < -0.3 is 15.2 Å². The van der Waals surface area contributed by atoms with Crippen LogP contribution in [0.4, 0.5) is 0 Å². The molecule has 0 spiro atoms. The number of aromatic nitrogens is 1. The molecular formula is C14H15NO4. The largest absolute Gasteiger partial charge is 0.481 e. The summed E-state index contributed by atoms with van der Waals surface area (Å²) < 4.78 is 0. The summed E-state index contributed by atoms with van der Waals surface area (Å²) in [6.45, 7) is 2.03. The van der Waals surface area contributed by atoms with Gasteiger partial charge in [-0.3, -0.25) is 9.59 Å². The van der Waals surface area contributed by atoms with E-state index in [1.165, 1.54) is 0 Å². The Bertz CT molecular complexity index is 615. The maximum Gasteiger partial charge on any atom is 0.318 e. The van der Waals surface area contributed by atoms with E-state index in [9.17, 15) is 9.59 Å². The zero-order valence-electron chi connectivity index (χ0n) is 10.5. The van der Waals surface area contributed by atoms with Gasteiger partial charge in [-0.05, 0) is 36.1 Å². The Morgan fingerprint density at radius 3 is 2.53 bits per heavy atom. The predicted octanol–water partition coefficient (Wildman–Crippen LogP) is 2.06. The van der Waals surface area contributed by atoms with Crippen LogP contribution in [0.1, 0.15) is 18.1 Å². The molecule has 1 aromatic heterocycles. The molecule has 0 aliphatic rings. The summed E-state index contributed by atoms with van der Waals surface area (Å²) in [7, 11) is 0. The van der Waals surface area contributed by atoms with Crippen LogP contribution < -0.4 is 0 Å². The van der Waals surface area contributed by atoms with Gasteiger partial charge in [0.2, 0.25) is 0 Å². The van der Waals surface area contributed by atoms with E-state index in [0.29, 0.717) is 0 Å². The van der Waals surface area contributed by atoms with E-state index < -0.39 is 17.9 Å². The van der Waals surface area contributed by atoms with Crippen molar-refractivity contribution >= 4 is 22.8 Å². The lowest BCUT2D eigenvalue weighted by atomic mass is 9.98. The highest BCUT2D eigenvalue weighted by molar-refractivity contribution is 5.94. The van der Waals surface area contributed by atoms with Crippen molar-refractivity contribution < 1.29 is 19.8 Å². The molecule has 0 saturated heterocycles. The van der Waals surface area contributed by atoms with Gasteiger partial charge in [0.05, 0.1) is 0 Å². The third-order valence-electron chi connectivity index (χ3n) is 3.26. The van der Waals surface area contributed by atoms with Gasteiger partial charge in [0.1, 0.15) is 0 Å². The van der Waals surface area contributed by atoms with Crippen molar-refractivity contribution in [3.63, 3.8) is 0 Å². The van der Waals surface area contributed by atoms with Gasteiger partial charge in [-0.1, -0.05) is 13.0 Å². The molecule has 1 aromatic carbocycles. The fraction of sp³-hybridized carbons (Fsp3) is 0.286. The Morgan fingerprint density at radius 1 is 1.26 bits per heavy atom. The monoisotopic (exact) mass is 261 g/mol. The van der Waals surface area contributed by atoms with Crippen molar-refractivity contribution in [2.75, 3.05) is 0 Å². The first-order valence-corrected chi connectivity index (χ1v) is 6.07. The van der Waals surface area contributed by atoms with Gasteiger partial charge in [-0.25, -0.2) is 0 Å². The van der Waals surface area contributed by atoms with E-state index in [-0.39, 0.29) is 6.42 Å². The van der Waals surface area contributed by atoms with E-state index >= 15 is 0 Å². The third kappa shape index (κ3) is 2.59. The second kappa shape index (κ2) is 5.14. The molecule has 0 saturated carbocycles. The number of aliphatic carboxylic acids is 2. The Labute approximate surface area is 109 Å². The van der Waals surface area contributed by atoms with Crippen LogP contribution in [-0.2, 0) is 22.4 Å². The first-order chi connectivity index (χ1) is 9.02. The molecule has 0 aliphatic carbocycles. The molecule has 2 rings (SSSR count). The Morgan fingerprint density at radius 2 is 1.95 bits per heavy atom. The predicted molar refractivity (Wildman–Crippen MR) is 70.1 cm³/mol. The van der Waals surface area contributed by atoms with Crippen molar-refractivity contribution in [2.45, 2.75) is 19.8 Å². The maximum atomic E-state index is 10.9. The van der Waals surface area contributed by atoms with Crippen LogP contribution in [0.5, 0.6) is 0 Å². The number of benzene rings is 1. The number of nitrogens with one attached hydrogen (secondary N) is 1. The molecule has 19 heavy (non-hydrogen) atoms. The van der Waals surface area contributed by atoms with Crippen LogP contribution in [0.25, 0.3) is 10.9 Å². The number of hydrogen-bond acceptors (Lipinski definition) is 2. The topological polar surface area (TPSA) is 90.4 Å². The van der Waals surface area contributed by atoms with Gasteiger partial charge >= 0.3 is 11.9 Å². The van der Waals surface area contributed by atoms with E-state index in [2.05, 4.69) is 4.98 Å². The maximum absolute atomic E-state index is 10.9. The van der Waals surface area contributed by atoms with Crippen molar-refractivity contribution in [2.24, 2.45) is 5.92 Å². The van der Waals surface area contributed by atoms with Gasteiger partial charge in [0.15, 0.2) is 5.92 Å². The minimum absolute atomic E-state index is 0.0160. The minimum Gasteiger partial charge on any atom is -0.481 e. The summed E-state index contributed by atoms with van der Waals surface area (Å²) in [6, 6.07) is 5.89. The number of carboxylic acids is 2. The lowest BCUT2D eigenvalue weighted by Crippen LogP contribution is -2.25. The van der Waals surface area contributed by atoms with Crippen molar-refractivity contribution in [3.05, 3.63) is 35.5 Å². The van der Waals surface area contributed by atoms with Gasteiger partial charge in [0, 0.05) is 17.1 Å². The van der Waals surface area contributed by atoms with Crippen LogP contribution in [0.2, 0.25) is 0 Å². The highest BCUT2D eigenvalue weighted by Crippen LogP contribution is 2.23. The number of carbonyl (C=O) groups is 2. The van der Waals surface area contributed by atoms with E-state index in [0.717, 1.165) is 28.5 Å². The molecular weight excluding hydrogens is 246 g/mol. The summed E-state index contributed by atoms with van der Waals surface area (Å²) in [5.41, 5.74) is 2.75. The highest BCUT2D eigenvalue weighted by atomic mass is 16.4. The van der Waals surface area contributed by atoms with Gasteiger partial charge in [0.25, 0.3) is 0 Å². The Balaban J connectivity index is 2.39. The molecule has 5 nitrogen and oxygen atoms in total. The molecule has 5 heteroatoms. The Hall–Kier alpha value is -2.30. The molecule has 2 aromatic rings. The minimum atomic E-state index is -1.41. The van der Waals surface area contributed by atoms with E-state index in [1.54, 1.807) is 6.20 Å². The fourth-order valence-corrected chi connectivity index (χ4v) is 2.11. The Kier molecular flexibility index (Phi) is 3.55. The zero-order valence-corrected chi connectivity index (χ0v) is 10.5. The van der Waals surface area contributed by atoms with Gasteiger partial charge in [-0.15, -0.1) is 0 Å². The molecule has 0 aliphatic heterocycles. The molecule has 3 N–H and O–H groups in total. The van der Waals surface area contributed by atoms with Crippen LogP contribution in [0.3, 0.4) is 0 Å². The van der Waals surface area contributed by atoms with Gasteiger partial charge in [-0.2, -0.15) is 0 Å². The first-order valence-electron chi connectivity index (χ1n) is 6.07. The lowest BCUT2D eigenvalue weighted by molar-refractivity contribution is -0.154. The van der Waals surface area contributed by atoms with Crippen LogP contribution in [0.15, 0.2) is 24.4 Å². The molecule has 0 radical (unpaired) electrons. The number of hydrogen-bond donors (Lipinski definition) is 3. The number of H-pyrrole nitrogens is 1. The standard InChI is InChI=1S/C14H15NO4/c1-2-8-3-4-12-10(5-8)9(7-15-12)6-11(13(16)17)14(18)19/h3-5,7,11,15H,2,6H2,1H3,(H,16,17)(H,18,19). The summed E-state index contributed by atoms with van der Waals surface area (Å²) >= 11 is 0. The summed E-state index contributed by atoms with van der Waals surface area (Å²) in [5.74, 6) is -4.04. The second-order valence-electron chi connectivity index (χ2n) is 4.48. The third-order valence-corrected chi connectivity index (χ3v) is 3.26. The fourth-order valence-electron chi connectivity index (χ4n) is 2.11. The summed E-state index contributed by atoms with van der Waals surface area (Å²) in [6.07, 6.45) is 2.54. The van der Waals surface area contributed by atoms with Crippen molar-refractivity contribution in [3.8, 4) is 0 Å². The number of rotatable bonds is 5. The number of aromatic amines is 1. The average Bonchev–Trinajstić information content (AvgIpc) is 2.77. The quantitative estimate of drug-likeness (QED) is 0.718. The SMILES string of the molecule is CCc1ccc2[nH]cc(CC(C(=O)O)C(=O)O)c2c1. The summed E-state index contributed by atoms with van der Waals surface area (Å²) in [4.78, 5) is 24.9. The highest BCUT2D eigenvalue weighted by Gasteiger charge is 2.26. The molecule has 0 atom stereocenters. The zero-order chi connectivity index (χ0) is 14.0. The molecule has 0 amide bonds. The van der Waals surface area contributed by atoms with Crippen LogP contribution >= 0.6 is 0 Å². The number of fused-ring (bicyclic) bond motifs is 1. The normalized spacial score (nSPS) is 11.1. The smallest absolute Gasteiger partial charge is 0.318 e. The number of aryl methyl sites for hydroxylation is 1. The average molecular weight is 261 g/mol. The van der Waals surface area contributed by atoms with Crippen molar-refractivity contribution in [1.82, 2.24) is 4.98 Å². The molecule has 0 bridgehead atoms. The van der Waals surface area contributed by atoms with E-state index in [4.69, 9.17) is 10.2 Å². The first kappa shape index (κ1) is 13.1. The summed E-state index contributed by atoms with van der Waals surface area (Å²) in [5, 5.41) is 18.7. The second-order valence-corrected chi connectivity index (χ2v) is 4.48.